The summed E-state index contributed by atoms with van der Waals surface area (Å²) in [4.78, 5) is 24.1. The standard InChI is InChI=1S/C17H20N4O2/c1-11-2-4-12(5-3-11)15(22)6-7-16(23)19-17-13-10-18-9-8-14(13)20-21-17/h2-5,18H,6-10H2,1H3,(H2,19,20,21,23). The lowest BCUT2D eigenvalue weighted by atomic mass is 10.0. The maximum atomic E-state index is 12.1. The normalized spacial score (nSPS) is 13.4. The quantitative estimate of drug-likeness (QED) is 0.737. The number of aromatic nitrogens is 2. The van der Waals surface area contributed by atoms with Crippen LogP contribution in [0, 0.1) is 6.92 Å². The van der Waals surface area contributed by atoms with Crippen molar-refractivity contribution in [1.82, 2.24) is 15.5 Å². The average molecular weight is 312 g/mol. The van der Waals surface area contributed by atoms with E-state index < -0.39 is 0 Å². The van der Waals surface area contributed by atoms with E-state index >= 15 is 0 Å². The van der Waals surface area contributed by atoms with Crippen molar-refractivity contribution in [3.05, 3.63) is 46.6 Å². The van der Waals surface area contributed by atoms with Crippen molar-refractivity contribution >= 4 is 17.5 Å². The number of hydrogen-bond donors (Lipinski definition) is 3. The molecule has 1 aromatic heterocycles. The molecule has 0 unspecified atom stereocenters. The fourth-order valence-corrected chi connectivity index (χ4v) is 2.63. The van der Waals surface area contributed by atoms with E-state index in [1.807, 2.05) is 19.1 Å². The summed E-state index contributed by atoms with van der Waals surface area (Å²) in [7, 11) is 0. The van der Waals surface area contributed by atoms with Gasteiger partial charge in [-0.15, -0.1) is 0 Å². The van der Waals surface area contributed by atoms with Crippen LogP contribution in [0.4, 0.5) is 5.82 Å². The maximum Gasteiger partial charge on any atom is 0.226 e. The number of fused-ring (bicyclic) bond motifs is 1. The number of anilines is 1. The summed E-state index contributed by atoms with van der Waals surface area (Å²) in [5.41, 5.74) is 3.82. The predicted molar refractivity (Wildman–Crippen MR) is 87.4 cm³/mol. The van der Waals surface area contributed by atoms with Gasteiger partial charge in [0.15, 0.2) is 11.6 Å². The molecule has 0 spiro atoms. The zero-order valence-corrected chi connectivity index (χ0v) is 13.1. The number of aromatic amines is 1. The van der Waals surface area contributed by atoms with Crippen LogP contribution in [0.2, 0.25) is 0 Å². The molecule has 3 rings (SSSR count). The highest BCUT2D eigenvalue weighted by molar-refractivity contribution is 6.00. The number of Topliss-reactive ketones (excluding diaryl/α,β-unsaturated/α-hetero) is 1. The molecule has 0 saturated carbocycles. The first kappa shape index (κ1) is 15.4. The highest BCUT2D eigenvalue weighted by Crippen LogP contribution is 2.20. The van der Waals surface area contributed by atoms with E-state index in [1.54, 1.807) is 12.1 Å². The molecule has 0 bridgehead atoms. The van der Waals surface area contributed by atoms with E-state index in [0.29, 0.717) is 17.9 Å². The van der Waals surface area contributed by atoms with Crippen molar-refractivity contribution in [2.75, 3.05) is 11.9 Å². The van der Waals surface area contributed by atoms with Gasteiger partial charge in [0.05, 0.1) is 0 Å². The fourth-order valence-electron chi connectivity index (χ4n) is 2.63. The van der Waals surface area contributed by atoms with Gasteiger partial charge in [-0.25, -0.2) is 0 Å². The number of hydrogen-bond acceptors (Lipinski definition) is 4. The maximum absolute atomic E-state index is 12.1. The first-order valence-corrected chi connectivity index (χ1v) is 7.80. The van der Waals surface area contributed by atoms with Gasteiger partial charge in [0.1, 0.15) is 0 Å². The Morgan fingerprint density at radius 2 is 2.00 bits per heavy atom. The molecular formula is C17H20N4O2. The number of carbonyl (C=O) groups is 2. The van der Waals surface area contributed by atoms with Gasteiger partial charge in [-0.1, -0.05) is 29.8 Å². The molecule has 0 atom stereocenters. The first-order valence-electron chi connectivity index (χ1n) is 7.80. The monoisotopic (exact) mass is 312 g/mol. The Kier molecular flexibility index (Phi) is 4.52. The Morgan fingerprint density at radius 3 is 2.78 bits per heavy atom. The summed E-state index contributed by atoms with van der Waals surface area (Å²) in [5, 5.41) is 13.2. The Balaban J connectivity index is 1.54. The van der Waals surface area contributed by atoms with E-state index in [9.17, 15) is 9.59 Å². The van der Waals surface area contributed by atoms with Gasteiger partial charge in [-0.3, -0.25) is 14.7 Å². The molecule has 1 aliphatic heterocycles. The molecule has 23 heavy (non-hydrogen) atoms. The van der Waals surface area contributed by atoms with E-state index in [-0.39, 0.29) is 24.5 Å². The van der Waals surface area contributed by atoms with Gasteiger partial charge in [0.25, 0.3) is 0 Å². The molecule has 0 saturated heterocycles. The van der Waals surface area contributed by atoms with Crippen molar-refractivity contribution < 1.29 is 9.59 Å². The van der Waals surface area contributed by atoms with Crippen molar-refractivity contribution in [2.24, 2.45) is 0 Å². The third-order valence-corrected chi connectivity index (χ3v) is 4.02. The lowest BCUT2D eigenvalue weighted by Crippen LogP contribution is -2.24. The van der Waals surface area contributed by atoms with Gasteiger partial charge in [-0.05, 0) is 6.92 Å². The van der Waals surface area contributed by atoms with Crippen molar-refractivity contribution in [3.63, 3.8) is 0 Å². The average Bonchev–Trinajstić information content (AvgIpc) is 2.96. The van der Waals surface area contributed by atoms with Crippen LogP contribution in [0.5, 0.6) is 0 Å². The summed E-state index contributed by atoms with van der Waals surface area (Å²) in [6.45, 7) is 3.58. The molecule has 6 heteroatoms. The summed E-state index contributed by atoms with van der Waals surface area (Å²) < 4.78 is 0. The van der Waals surface area contributed by atoms with Crippen LogP contribution < -0.4 is 10.6 Å². The third-order valence-electron chi connectivity index (χ3n) is 4.02. The minimum absolute atomic E-state index is 0.0223. The zero-order valence-electron chi connectivity index (χ0n) is 13.1. The van der Waals surface area contributed by atoms with E-state index in [0.717, 1.165) is 29.8 Å². The lowest BCUT2D eigenvalue weighted by molar-refractivity contribution is -0.116. The van der Waals surface area contributed by atoms with E-state index in [4.69, 9.17) is 0 Å². The molecule has 0 aliphatic carbocycles. The minimum atomic E-state index is -0.190. The number of H-pyrrole nitrogens is 1. The number of rotatable bonds is 5. The topological polar surface area (TPSA) is 86.9 Å². The zero-order chi connectivity index (χ0) is 16.2. The smallest absolute Gasteiger partial charge is 0.226 e. The second kappa shape index (κ2) is 6.75. The predicted octanol–water partition coefficient (Wildman–Crippen LogP) is 1.97. The molecule has 1 amide bonds. The molecule has 1 aliphatic rings. The van der Waals surface area contributed by atoms with Crippen LogP contribution in [0.25, 0.3) is 0 Å². The second-order valence-electron chi connectivity index (χ2n) is 5.79. The Bertz CT molecular complexity index is 719. The molecule has 3 N–H and O–H groups in total. The van der Waals surface area contributed by atoms with Crippen molar-refractivity contribution in [1.29, 1.82) is 0 Å². The molecule has 6 nitrogen and oxygen atoms in total. The van der Waals surface area contributed by atoms with Crippen molar-refractivity contribution in [3.8, 4) is 0 Å². The highest BCUT2D eigenvalue weighted by atomic mass is 16.2. The molecular weight excluding hydrogens is 292 g/mol. The largest absolute Gasteiger partial charge is 0.312 e. The fraction of sp³-hybridized carbons (Fsp3) is 0.353. The van der Waals surface area contributed by atoms with E-state index in [1.165, 1.54) is 0 Å². The number of benzene rings is 1. The van der Waals surface area contributed by atoms with Crippen LogP contribution in [-0.4, -0.2) is 28.4 Å². The Labute approximate surface area is 134 Å². The van der Waals surface area contributed by atoms with Gasteiger partial charge < -0.3 is 10.6 Å². The lowest BCUT2D eigenvalue weighted by Gasteiger charge is -2.13. The van der Waals surface area contributed by atoms with Gasteiger partial charge in [-0.2, -0.15) is 5.10 Å². The van der Waals surface area contributed by atoms with Crippen molar-refractivity contribution in [2.45, 2.75) is 32.7 Å². The van der Waals surface area contributed by atoms with Gasteiger partial charge in [0, 0.05) is 49.2 Å². The number of amides is 1. The number of nitrogens with one attached hydrogen (secondary N) is 3. The molecule has 0 radical (unpaired) electrons. The van der Waals surface area contributed by atoms with Gasteiger partial charge >= 0.3 is 0 Å². The summed E-state index contributed by atoms with van der Waals surface area (Å²) in [5.74, 6) is 0.358. The third kappa shape index (κ3) is 3.65. The number of aryl methyl sites for hydroxylation is 1. The molecule has 1 aromatic carbocycles. The molecule has 120 valence electrons. The number of nitrogens with zero attached hydrogens (tertiary/aromatic N) is 1. The second-order valence-corrected chi connectivity index (χ2v) is 5.79. The first-order chi connectivity index (χ1) is 11.1. The van der Waals surface area contributed by atoms with Crippen LogP contribution in [-0.2, 0) is 17.8 Å². The molecule has 0 fully saturated rings. The molecule has 2 heterocycles. The van der Waals surface area contributed by atoms with E-state index in [2.05, 4.69) is 20.8 Å². The Morgan fingerprint density at radius 1 is 1.22 bits per heavy atom. The summed E-state index contributed by atoms with van der Waals surface area (Å²) in [6, 6.07) is 7.39. The Hall–Kier alpha value is -2.47. The number of carbonyl (C=O) groups excluding carboxylic acids is 2. The minimum Gasteiger partial charge on any atom is -0.312 e. The SMILES string of the molecule is Cc1ccc(C(=O)CCC(=O)Nc2n[nH]c3c2CNCC3)cc1. The van der Waals surface area contributed by atoms with Crippen LogP contribution in [0.15, 0.2) is 24.3 Å². The van der Waals surface area contributed by atoms with Crippen LogP contribution in [0.3, 0.4) is 0 Å². The van der Waals surface area contributed by atoms with Crippen LogP contribution in [0.1, 0.15) is 40.0 Å². The number of ketones is 1. The van der Waals surface area contributed by atoms with Gasteiger partial charge in [0.2, 0.25) is 5.91 Å². The molecule has 2 aromatic rings. The summed E-state index contributed by atoms with van der Waals surface area (Å²) in [6.07, 6.45) is 1.23. The van der Waals surface area contributed by atoms with Crippen LogP contribution >= 0.6 is 0 Å². The highest BCUT2D eigenvalue weighted by Gasteiger charge is 2.18. The summed E-state index contributed by atoms with van der Waals surface area (Å²) >= 11 is 0.